The van der Waals surface area contributed by atoms with Crippen LogP contribution in [0.2, 0.25) is 0 Å². The highest BCUT2D eigenvalue weighted by Gasteiger charge is 2.29. The zero-order chi connectivity index (χ0) is 20.4. The average molecular weight is 380 g/mol. The molecule has 1 heterocycles. The Balaban J connectivity index is 1.63. The highest BCUT2D eigenvalue weighted by Crippen LogP contribution is 2.34. The van der Waals surface area contributed by atoms with Crippen LogP contribution >= 0.6 is 0 Å². The number of amides is 2. The molecule has 0 saturated carbocycles. The molecule has 0 aliphatic carbocycles. The van der Waals surface area contributed by atoms with Gasteiger partial charge in [0.2, 0.25) is 5.91 Å². The minimum absolute atomic E-state index is 0.0877. The number of hydrogen-bond donors (Lipinski definition) is 1. The lowest BCUT2D eigenvalue weighted by Gasteiger charge is -2.30. The summed E-state index contributed by atoms with van der Waals surface area (Å²) in [6, 6.07) is 10.7. The molecule has 3 rings (SSSR count). The smallest absolute Gasteiger partial charge is 0.267 e. The maximum absolute atomic E-state index is 12.5. The van der Waals surface area contributed by atoms with Crippen LogP contribution in [0.4, 0.5) is 11.4 Å². The Bertz CT molecular complexity index is 952. The molecule has 0 radical (unpaired) electrons. The second-order valence-corrected chi connectivity index (χ2v) is 7.11. The second-order valence-electron chi connectivity index (χ2n) is 7.11. The van der Waals surface area contributed by atoms with Crippen LogP contribution in [0.5, 0.6) is 5.75 Å². The van der Waals surface area contributed by atoms with Crippen LogP contribution in [0.15, 0.2) is 36.4 Å². The highest BCUT2D eigenvalue weighted by atomic mass is 16.5. The van der Waals surface area contributed by atoms with Gasteiger partial charge in [-0.25, -0.2) is 0 Å². The van der Waals surface area contributed by atoms with Crippen LogP contribution < -0.4 is 15.0 Å². The maximum Gasteiger partial charge on any atom is 0.267 e. The third kappa shape index (κ3) is 4.06. The van der Waals surface area contributed by atoms with Crippen LogP contribution in [-0.4, -0.2) is 30.7 Å². The van der Waals surface area contributed by atoms with E-state index in [4.69, 9.17) is 4.74 Å². The van der Waals surface area contributed by atoms with E-state index in [2.05, 4.69) is 5.32 Å². The van der Waals surface area contributed by atoms with Crippen molar-refractivity contribution in [1.29, 1.82) is 0 Å². The topological polar surface area (TPSA) is 75.7 Å². The van der Waals surface area contributed by atoms with Gasteiger partial charge < -0.3 is 15.0 Å². The summed E-state index contributed by atoms with van der Waals surface area (Å²) in [4.78, 5) is 38.2. The normalized spacial score (nSPS) is 15.6. The van der Waals surface area contributed by atoms with Crippen molar-refractivity contribution in [1.82, 2.24) is 0 Å². The van der Waals surface area contributed by atoms with Crippen molar-refractivity contribution in [2.45, 2.75) is 39.7 Å². The largest absolute Gasteiger partial charge is 0.479 e. The molecule has 2 aromatic rings. The van der Waals surface area contributed by atoms with Gasteiger partial charge in [0.05, 0.1) is 5.69 Å². The predicted octanol–water partition coefficient (Wildman–Crippen LogP) is 3.65. The summed E-state index contributed by atoms with van der Waals surface area (Å²) >= 11 is 0. The van der Waals surface area contributed by atoms with Crippen molar-refractivity contribution >= 4 is 29.0 Å². The van der Waals surface area contributed by atoms with Gasteiger partial charge in [-0.05, 0) is 62.2 Å². The minimum Gasteiger partial charge on any atom is -0.479 e. The number of aryl methyl sites for hydroxylation is 2. The number of fused-ring (bicyclic) bond motifs is 1. The van der Waals surface area contributed by atoms with Crippen molar-refractivity contribution < 1.29 is 19.1 Å². The number of rotatable bonds is 5. The monoisotopic (exact) mass is 380 g/mol. The number of nitrogens with one attached hydrogen (secondary N) is 1. The highest BCUT2D eigenvalue weighted by molar-refractivity contribution is 6.04. The predicted molar refractivity (Wildman–Crippen MR) is 108 cm³/mol. The maximum atomic E-state index is 12.5. The standard InChI is InChI=1S/C22H24N2O4/c1-13-5-7-17(11-14(13)2)23-21(26)10-8-19(25)16-6-9-20-18(12-16)24(4)22(27)15(3)28-20/h5-7,9,11-12,15H,8,10H2,1-4H3,(H,23,26). The number of likely N-dealkylation sites (N-methyl/N-ethyl adjacent to an activating group) is 1. The van der Waals surface area contributed by atoms with Crippen LogP contribution in [0, 0.1) is 13.8 Å². The molecular formula is C22H24N2O4. The first kappa shape index (κ1) is 19.6. The Morgan fingerprint density at radius 2 is 1.82 bits per heavy atom. The van der Waals surface area contributed by atoms with Gasteiger partial charge in [0.1, 0.15) is 5.75 Å². The molecule has 146 valence electrons. The van der Waals surface area contributed by atoms with E-state index in [1.54, 1.807) is 32.2 Å². The molecule has 2 aromatic carbocycles. The summed E-state index contributed by atoms with van der Waals surface area (Å²) in [6.45, 7) is 5.68. The van der Waals surface area contributed by atoms with Gasteiger partial charge in [0, 0.05) is 31.1 Å². The summed E-state index contributed by atoms with van der Waals surface area (Å²) < 4.78 is 5.57. The Morgan fingerprint density at radius 3 is 2.54 bits per heavy atom. The second kappa shape index (κ2) is 7.84. The molecule has 1 atom stereocenters. The SMILES string of the molecule is Cc1ccc(NC(=O)CCC(=O)c2ccc3c(c2)N(C)C(=O)C(C)O3)cc1C. The van der Waals surface area contributed by atoms with Crippen LogP contribution in [0.3, 0.4) is 0 Å². The molecule has 1 N–H and O–H groups in total. The number of carbonyl (C=O) groups is 3. The zero-order valence-electron chi connectivity index (χ0n) is 16.5. The van der Waals surface area contributed by atoms with E-state index < -0.39 is 6.10 Å². The Hall–Kier alpha value is -3.15. The van der Waals surface area contributed by atoms with Gasteiger partial charge in [0.25, 0.3) is 5.91 Å². The number of nitrogens with zero attached hydrogens (tertiary/aromatic N) is 1. The molecule has 0 fully saturated rings. The molecule has 1 unspecified atom stereocenters. The van der Waals surface area contributed by atoms with E-state index in [1.807, 2.05) is 32.0 Å². The molecular weight excluding hydrogens is 356 g/mol. The number of anilines is 2. The van der Waals surface area contributed by atoms with Gasteiger partial charge in [-0.1, -0.05) is 6.07 Å². The summed E-state index contributed by atoms with van der Waals surface area (Å²) in [5, 5.41) is 2.82. The van der Waals surface area contributed by atoms with Crippen LogP contribution in [0.1, 0.15) is 41.3 Å². The lowest BCUT2D eigenvalue weighted by Crippen LogP contribution is -2.42. The lowest BCUT2D eigenvalue weighted by molar-refractivity contribution is -0.125. The van der Waals surface area contributed by atoms with Gasteiger partial charge in [-0.2, -0.15) is 0 Å². The van der Waals surface area contributed by atoms with E-state index in [9.17, 15) is 14.4 Å². The van der Waals surface area contributed by atoms with Crippen molar-refractivity contribution in [2.75, 3.05) is 17.3 Å². The van der Waals surface area contributed by atoms with Crippen molar-refractivity contribution in [2.24, 2.45) is 0 Å². The van der Waals surface area contributed by atoms with Gasteiger partial charge >= 0.3 is 0 Å². The fourth-order valence-electron chi connectivity index (χ4n) is 3.10. The van der Waals surface area contributed by atoms with E-state index in [1.165, 1.54) is 4.90 Å². The fourth-order valence-corrected chi connectivity index (χ4v) is 3.10. The van der Waals surface area contributed by atoms with Crippen molar-refractivity contribution in [3.05, 3.63) is 53.1 Å². The first-order valence-electron chi connectivity index (χ1n) is 9.25. The molecule has 2 amide bonds. The number of carbonyl (C=O) groups excluding carboxylic acids is 3. The van der Waals surface area contributed by atoms with E-state index in [-0.39, 0.29) is 30.4 Å². The van der Waals surface area contributed by atoms with Crippen molar-refractivity contribution in [3.63, 3.8) is 0 Å². The number of ketones is 1. The summed E-state index contributed by atoms with van der Waals surface area (Å²) in [5.74, 6) is 0.0417. The molecule has 28 heavy (non-hydrogen) atoms. The number of hydrogen-bond acceptors (Lipinski definition) is 4. The third-order valence-corrected chi connectivity index (χ3v) is 4.99. The fraction of sp³-hybridized carbons (Fsp3) is 0.318. The Labute approximate surface area is 164 Å². The summed E-state index contributed by atoms with van der Waals surface area (Å²) in [6.07, 6.45) is -0.372. The summed E-state index contributed by atoms with van der Waals surface area (Å²) in [7, 11) is 1.66. The molecule has 0 spiro atoms. The van der Waals surface area contributed by atoms with E-state index in [0.717, 1.165) is 16.8 Å². The van der Waals surface area contributed by atoms with Gasteiger partial charge in [-0.3, -0.25) is 14.4 Å². The zero-order valence-corrected chi connectivity index (χ0v) is 16.5. The Kier molecular flexibility index (Phi) is 5.49. The molecule has 1 aliphatic heterocycles. The Morgan fingerprint density at radius 1 is 1.07 bits per heavy atom. The van der Waals surface area contributed by atoms with Crippen LogP contribution in [0.25, 0.3) is 0 Å². The molecule has 0 bridgehead atoms. The summed E-state index contributed by atoms with van der Waals surface area (Å²) in [5.41, 5.74) is 3.99. The van der Waals surface area contributed by atoms with Gasteiger partial charge in [0.15, 0.2) is 11.9 Å². The average Bonchev–Trinajstić information content (AvgIpc) is 2.67. The van der Waals surface area contributed by atoms with Crippen LogP contribution in [-0.2, 0) is 9.59 Å². The number of Topliss-reactive ketones (excluding diaryl/α,β-unsaturated/α-hetero) is 1. The number of benzene rings is 2. The van der Waals surface area contributed by atoms with E-state index >= 15 is 0 Å². The molecule has 6 heteroatoms. The molecule has 1 aliphatic rings. The quantitative estimate of drug-likeness (QED) is 0.804. The first-order valence-corrected chi connectivity index (χ1v) is 9.25. The lowest BCUT2D eigenvalue weighted by atomic mass is 10.0. The van der Waals surface area contributed by atoms with E-state index in [0.29, 0.717) is 17.0 Å². The molecule has 6 nitrogen and oxygen atoms in total. The molecule has 0 aromatic heterocycles. The first-order chi connectivity index (χ1) is 13.3. The van der Waals surface area contributed by atoms with Gasteiger partial charge in [-0.15, -0.1) is 0 Å². The minimum atomic E-state index is -0.548. The number of ether oxygens (including phenoxy) is 1. The third-order valence-electron chi connectivity index (χ3n) is 4.99. The van der Waals surface area contributed by atoms with Crippen molar-refractivity contribution in [3.8, 4) is 5.75 Å². The molecule has 0 saturated heterocycles.